The number of nitrogens with one attached hydrogen (secondary N) is 2. The first-order chi connectivity index (χ1) is 12.8. The first kappa shape index (κ1) is 22.2. The van der Waals surface area contributed by atoms with Crippen LogP contribution in [0.15, 0.2) is 23.3 Å². The second kappa shape index (κ2) is 12.4. The summed E-state index contributed by atoms with van der Waals surface area (Å²) >= 11 is 0. The lowest BCUT2D eigenvalue weighted by atomic mass is 10.3. The van der Waals surface area contributed by atoms with Gasteiger partial charge in [-0.2, -0.15) is 0 Å². The Kier molecular flexibility index (Phi) is 10.1. The van der Waals surface area contributed by atoms with E-state index in [1.54, 1.807) is 6.20 Å². The highest BCUT2D eigenvalue weighted by Gasteiger charge is 2.22. The maximum absolute atomic E-state index is 5.75. The predicted octanol–water partition coefficient (Wildman–Crippen LogP) is 1.88. The van der Waals surface area contributed by atoms with E-state index in [1.807, 2.05) is 12.1 Å². The molecule has 2 fully saturated rings. The third-order valence-electron chi connectivity index (χ3n) is 4.55. The van der Waals surface area contributed by atoms with Gasteiger partial charge in [0.1, 0.15) is 0 Å². The monoisotopic (exact) mass is 489 g/mol. The molecule has 7 nitrogen and oxygen atoms in total. The summed E-state index contributed by atoms with van der Waals surface area (Å²) in [6.45, 7) is 9.88. The Bertz CT molecular complexity index is 577. The zero-order chi connectivity index (χ0) is 18.0. The van der Waals surface area contributed by atoms with Crippen LogP contribution in [0.3, 0.4) is 0 Å². The number of hydrogen-bond donors (Lipinski definition) is 2. The quantitative estimate of drug-likeness (QED) is 0.314. The fraction of sp³-hybridized carbons (Fsp3) is 0.684. The minimum absolute atomic E-state index is 0. The standard InChI is InChI=1S/C19H31N5O2.HI/c1-2-20-19(22-7-8-24-9-11-25-12-10-24)23-14-17-5-6-21-18(13-17)26-15-16-3-4-16;/h5-6,13,16H,2-4,7-12,14-15H2,1H3,(H2,20,22,23);1H. The van der Waals surface area contributed by atoms with Gasteiger partial charge < -0.3 is 20.1 Å². The third kappa shape index (κ3) is 8.61. The van der Waals surface area contributed by atoms with Crippen LogP contribution >= 0.6 is 24.0 Å². The molecular weight excluding hydrogens is 457 g/mol. The van der Waals surface area contributed by atoms with Crippen molar-refractivity contribution in [2.45, 2.75) is 26.3 Å². The van der Waals surface area contributed by atoms with Gasteiger partial charge in [-0.1, -0.05) is 0 Å². The Morgan fingerprint density at radius 1 is 1.33 bits per heavy atom. The first-order valence-corrected chi connectivity index (χ1v) is 9.73. The van der Waals surface area contributed by atoms with E-state index < -0.39 is 0 Å². The highest BCUT2D eigenvalue weighted by molar-refractivity contribution is 14.0. The van der Waals surface area contributed by atoms with Crippen molar-refractivity contribution >= 4 is 29.9 Å². The predicted molar refractivity (Wildman–Crippen MR) is 118 cm³/mol. The molecule has 2 N–H and O–H groups in total. The van der Waals surface area contributed by atoms with Crippen LogP contribution in [0.4, 0.5) is 0 Å². The summed E-state index contributed by atoms with van der Waals surface area (Å²) in [5.74, 6) is 2.28. The van der Waals surface area contributed by atoms with E-state index in [2.05, 4.69) is 32.4 Å². The fourth-order valence-electron chi connectivity index (χ4n) is 2.78. The van der Waals surface area contributed by atoms with Crippen molar-refractivity contribution in [1.29, 1.82) is 0 Å². The molecule has 0 atom stereocenters. The van der Waals surface area contributed by atoms with Crippen molar-refractivity contribution in [2.75, 3.05) is 52.5 Å². The molecule has 1 aliphatic heterocycles. The van der Waals surface area contributed by atoms with Gasteiger partial charge in [-0.15, -0.1) is 24.0 Å². The number of aliphatic imine (C=N–C) groups is 1. The lowest BCUT2D eigenvalue weighted by Crippen LogP contribution is -2.44. The number of pyridine rings is 1. The van der Waals surface area contributed by atoms with Gasteiger partial charge in [-0.3, -0.25) is 4.90 Å². The number of ether oxygens (including phenoxy) is 2. The number of rotatable bonds is 9. The fourth-order valence-corrected chi connectivity index (χ4v) is 2.78. The highest BCUT2D eigenvalue weighted by atomic mass is 127. The van der Waals surface area contributed by atoms with E-state index in [0.29, 0.717) is 12.4 Å². The van der Waals surface area contributed by atoms with Gasteiger partial charge >= 0.3 is 0 Å². The smallest absolute Gasteiger partial charge is 0.213 e. The molecule has 27 heavy (non-hydrogen) atoms. The van der Waals surface area contributed by atoms with E-state index in [-0.39, 0.29) is 24.0 Å². The van der Waals surface area contributed by atoms with Crippen LogP contribution in [0.5, 0.6) is 5.88 Å². The molecule has 0 amide bonds. The molecule has 0 radical (unpaired) electrons. The minimum Gasteiger partial charge on any atom is -0.477 e. The molecule has 0 aromatic carbocycles. The van der Waals surface area contributed by atoms with Gasteiger partial charge in [-0.05, 0) is 37.3 Å². The summed E-state index contributed by atoms with van der Waals surface area (Å²) in [5.41, 5.74) is 1.11. The third-order valence-corrected chi connectivity index (χ3v) is 4.55. The molecular formula is C19H32IN5O2. The molecule has 8 heteroatoms. The van der Waals surface area contributed by atoms with E-state index in [4.69, 9.17) is 9.47 Å². The summed E-state index contributed by atoms with van der Waals surface area (Å²) < 4.78 is 11.1. The molecule has 1 aliphatic carbocycles. The van der Waals surface area contributed by atoms with Crippen LogP contribution < -0.4 is 15.4 Å². The van der Waals surface area contributed by atoms with Crippen molar-refractivity contribution in [3.05, 3.63) is 23.9 Å². The molecule has 2 aliphatic rings. The molecule has 1 aromatic heterocycles. The Labute approximate surface area is 179 Å². The summed E-state index contributed by atoms with van der Waals surface area (Å²) in [7, 11) is 0. The molecule has 0 unspecified atom stereocenters. The lowest BCUT2D eigenvalue weighted by molar-refractivity contribution is 0.0389. The average molecular weight is 489 g/mol. The first-order valence-electron chi connectivity index (χ1n) is 9.73. The van der Waals surface area contributed by atoms with Crippen molar-refractivity contribution in [1.82, 2.24) is 20.5 Å². The molecule has 0 spiro atoms. The maximum Gasteiger partial charge on any atom is 0.213 e. The molecule has 1 saturated heterocycles. The van der Waals surface area contributed by atoms with Crippen molar-refractivity contribution in [3.63, 3.8) is 0 Å². The number of aromatic nitrogens is 1. The van der Waals surface area contributed by atoms with E-state index in [0.717, 1.165) is 70.0 Å². The van der Waals surface area contributed by atoms with Crippen LogP contribution in [0.25, 0.3) is 0 Å². The van der Waals surface area contributed by atoms with Crippen molar-refractivity contribution < 1.29 is 9.47 Å². The number of nitrogens with zero attached hydrogens (tertiary/aromatic N) is 3. The van der Waals surface area contributed by atoms with Gasteiger partial charge in [0.15, 0.2) is 5.96 Å². The number of halogens is 1. The summed E-state index contributed by atoms with van der Waals surface area (Å²) in [5, 5.41) is 6.71. The number of hydrogen-bond acceptors (Lipinski definition) is 5. The van der Waals surface area contributed by atoms with Crippen LogP contribution in [0.2, 0.25) is 0 Å². The zero-order valence-corrected chi connectivity index (χ0v) is 18.5. The normalized spacial score (nSPS) is 17.9. The lowest BCUT2D eigenvalue weighted by Gasteiger charge is -2.26. The molecule has 1 saturated carbocycles. The van der Waals surface area contributed by atoms with Gasteiger partial charge in [0, 0.05) is 45.0 Å². The second-order valence-corrected chi connectivity index (χ2v) is 6.83. The molecule has 1 aromatic rings. The number of guanidine groups is 1. The number of morpholine rings is 1. The van der Waals surface area contributed by atoms with Crippen molar-refractivity contribution in [2.24, 2.45) is 10.9 Å². The second-order valence-electron chi connectivity index (χ2n) is 6.83. The molecule has 0 bridgehead atoms. The van der Waals surface area contributed by atoms with E-state index in [9.17, 15) is 0 Å². The zero-order valence-electron chi connectivity index (χ0n) is 16.2. The van der Waals surface area contributed by atoms with Crippen molar-refractivity contribution in [3.8, 4) is 5.88 Å². The largest absolute Gasteiger partial charge is 0.477 e. The summed E-state index contributed by atoms with van der Waals surface area (Å²) in [6, 6.07) is 3.98. The van der Waals surface area contributed by atoms with Gasteiger partial charge in [0.05, 0.1) is 26.4 Å². The van der Waals surface area contributed by atoms with E-state index >= 15 is 0 Å². The Balaban J connectivity index is 0.00000261. The SMILES string of the molecule is CCNC(=NCc1ccnc(OCC2CC2)c1)NCCN1CCOCC1.I. The topological polar surface area (TPSA) is 71.0 Å². The van der Waals surface area contributed by atoms with Gasteiger partial charge in [0.25, 0.3) is 0 Å². The van der Waals surface area contributed by atoms with E-state index in [1.165, 1.54) is 12.8 Å². The van der Waals surface area contributed by atoms with Crippen LogP contribution in [-0.2, 0) is 11.3 Å². The molecule has 3 rings (SSSR count). The summed E-state index contributed by atoms with van der Waals surface area (Å²) in [6.07, 6.45) is 4.37. The highest BCUT2D eigenvalue weighted by Crippen LogP contribution is 2.29. The molecule has 152 valence electrons. The van der Waals surface area contributed by atoms with Crippen LogP contribution in [0, 0.1) is 5.92 Å². The Hall–Kier alpha value is -1.13. The Morgan fingerprint density at radius 2 is 2.15 bits per heavy atom. The van der Waals surface area contributed by atoms with Gasteiger partial charge in [-0.25, -0.2) is 9.98 Å². The van der Waals surface area contributed by atoms with Gasteiger partial charge in [0.2, 0.25) is 5.88 Å². The minimum atomic E-state index is 0. The van der Waals surface area contributed by atoms with Crippen LogP contribution in [0.1, 0.15) is 25.3 Å². The average Bonchev–Trinajstić information content (AvgIpc) is 3.50. The summed E-state index contributed by atoms with van der Waals surface area (Å²) in [4.78, 5) is 11.4. The van der Waals surface area contributed by atoms with Crippen LogP contribution in [-0.4, -0.2) is 68.4 Å². The Morgan fingerprint density at radius 3 is 2.89 bits per heavy atom. The maximum atomic E-state index is 5.75. The molecule has 2 heterocycles.